The molecule has 0 aromatic heterocycles. The van der Waals surface area contributed by atoms with Gasteiger partial charge >= 0.3 is 0 Å². The number of fused-ring (bicyclic) bond motifs is 1. The summed E-state index contributed by atoms with van der Waals surface area (Å²) >= 11 is 0. The Bertz CT molecular complexity index is 415. The van der Waals surface area contributed by atoms with E-state index >= 15 is 0 Å². The summed E-state index contributed by atoms with van der Waals surface area (Å²) in [6, 6.07) is 8.67. The highest BCUT2D eigenvalue weighted by Crippen LogP contribution is 2.36. The van der Waals surface area contributed by atoms with Crippen molar-refractivity contribution in [3.63, 3.8) is 0 Å². The van der Waals surface area contributed by atoms with Crippen molar-refractivity contribution in [3.8, 4) is 5.75 Å². The van der Waals surface area contributed by atoms with Crippen LogP contribution in [0.15, 0.2) is 24.3 Å². The van der Waals surface area contributed by atoms with Crippen molar-refractivity contribution in [1.82, 2.24) is 0 Å². The Balaban J connectivity index is 1.60. The standard InChI is InChI=1S/C16H23NO2/c17-14(9-12-5-7-18-11-12)10-13-6-8-19-16-4-2-1-3-15(13)16/h1-4,12-14H,5-11,17H2. The second kappa shape index (κ2) is 5.93. The summed E-state index contributed by atoms with van der Waals surface area (Å²) in [7, 11) is 0. The lowest BCUT2D eigenvalue weighted by molar-refractivity contribution is 0.181. The molecular formula is C16H23NO2. The highest BCUT2D eigenvalue weighted by Gasteiger charge is 2.25. The van der Waals surface area contributed by atoms with Gasteiger partial charge in [0, 0.05) is 19.3 Å². The molecule has 104 valence electrons. The summed E-state index contributed by atoms with van der Waals surface area (Å²) in [5.41, 5.74) is 7.68. The zero-order chi connectivity index (χ0) is 13.1. The first-order valence-electron chi connectivity index (χ1n) is 7.38. The van der Waals surface area contributed by atoms with Crippen LogP contribution in [-0.2, 0) is 4.74 Å². The molecule has 1 saturated heterocycles. The van der Waals surface area contributed by atoms with Gasteiger partial charge in [0.2, 0.25) is 0 Å². The summed E-state index contributed by atoms with van der Waals surface area (Å²) in [4.78, 5) is 0. The first kappa shape index (κ1) is 12.9. The Hall–Kier alpha value is -1.06. The SMILES string of the molecule is NC(CC1CCOC1)CC1CCOc2ccccc21. The molecule has 3 unspecified atom stereocenters. The van der Waals surface area contributed by atoms with Gasteiger partial charge in [-0.3, -0.25) is 0 Å². The van der Waals surface area contributed by atoms with Gasteiger partial charge < -0.3 is 15.2 Å². The van der Waals surface area contributed by atoms with Gasteiger partial charge in [0.25, 0.3) is 0 Å². The van der Waals surface area contributed by atoms with Crippen molar-refractivity contribution in [2.24, 2.45) is 11.7 Å². The Morgan fingerprint density at radius 2 is 2.05 bits per heavy atom. The summed E-state index contributed by atoms with van der Waals surface area (Å²) < 4.78 is 11.1. The van der Waals surface area contributed by atoms with Crippen molar-refractivity contribution in [2.45, 2.75) is 37.6 Å². The fourth-order valence-electron chi connectivity index (χ4n) is 3.32. The molecule has 1 aromatic carbocycles. The van der Waals surface area contributed by atoms with Crippen LogP contribution in [0.5, 0.6) is 5.75 Å². The lowest BCUT2D eigenvalue weighted by atomic mass is 9.85. The molecule has 2 N–H and O–H groups in total. The van der Waals surface area contributed by atoms with Gasteiger partial charge in [-0.2, -0.15) is 0 Å². The van der Waals surface area contributed by atoms with Crippen molar-refractivity contribution in [1.29, 1.82) is 0 Å². The third-order valence-electron chi connectivity index (χ3n) is 4.33. The lowest BCUT2D eigenvalue weighted by Gasteiger charge is -2.28. The van der Waals surface area contributed by atoms with Gasteiger partial charge in [-0.1, -0.05) is 18.2 Å². The average molecular weight is 261 g/mol. The highest BCUT2D eigenvalue weighted by molar-refractivity contribution is 5.37. The van der Waals surface area contributed by atoms with Gasteiger partial charge in [-0.25, -0.2) is 0 Å². The molecule has 1 fully saturated rings. The van der Waals surface area contributed by atoms with Gasteiger partial charge in [0.1, 0.15) is 5.75 Å². The molecule has 1 aromatic rings. The number of nitrogens with two attached hydrogens (primary N) is 1. The van der Waals surface area contributed by atoms with Gasteiger partial charge in [0.05, 0.1) is 6.61 Å². The Morgan fingerprint density at radius 3 is 2.89 bits per heavy atom. The average Bonchev–Trinajstić information content (AvgIpc) is 2.92. The molecule has 2 aliphatic rings. The van der Waals surface area contributed by atoms with Crippen molar-refractivity contribution in [3.05, 3.63) is 29.8 Å². The highest BCUT2D eigenvalue weighted by atomic mass is 16.5. The number of ether oxygens (including phenoxy) is 2. The molecule has 0 spiro atoms. The molecule has 3 atom stereocenters. The number of para-hydroxylation sites is 1. The zero-order valence-corrected chi connectivity index (χ0v) is 11.4. The van der Waals surface area contributed by atoms with E-state index in [2.05, 4.69) is 18.2 Å². The van der Waals surface area contributed by atoms with Crippen LogP contribution >= 0.6 is 0 Å². The number of hydrogen-bond donors (Lipinski definition) is 1. The maximum atomic E-state index is 6.35. The largest absolute Gasteiger partial charge is 0.493 e. The smallest absolute Gasteiger partial charge is 0.122 e. The first-order chi connectivity index (χ1) is 9.33. The molecule has 2 aliphatic heterocycles. The van der Waals surface area contributed by atoms with E-state index in [9.17, 15) is 0 Å². The van der Waals surface area contributed by atoms with E-state index in [-0.39, 0.29) is 6.04 Å². The van der Waals surface area contributed by atoms with Crippen molar-refractivity contribution < 1.29 is 9.47 Å². The molecule has 0 aliphatic carbocycles. The topological polar surface area (TPSA) is 44.5 Å². The second-order valence-corrected chi connectivity index (χ2v) is 5.83. The third-order valence-corrected chi connectivity index (χ3v) is 4.33. The Labute approximate surface area is 115 Å². The van der Waals surface area contributed by atoms with E-state index in [0.717, 1.165) is 44.8 Å². The minimum atomic E-state index is 0.280. The van der Waals surface area contributed by atoms with E-state index in [1.165, 1.54) is 12.0 Å². The van der Waals surface area contributed by atoms with Gasteiger partial charge in [-0.05, 0) is 49.1 Å². The van der Waals surface area contributed by atoms with Crippen molar-refractivity contribution in [2.75, 3.05) is 19.8 Å². The maximum Gasteiger partial charge on any atom is 0.122 e. The van der Waals surface area contributed by atoms with E-state index < -0.39 is 0 Å². The maximum absolute atomic E-state index is 6.35. The van der Waals surface area contributed by atoms with Crippen LogP contribution in [-0.4, -0.2) is 25.9 Å². The minimum Gasteiger partial charge on any atom is -0.493 e. The molecule has 0 radical (unpaired) electrons. The number of hydrogen-bond acceptors (Lipinski definition) is 3. The lowest BCUT2D eigenvalue weighted by Crippen LogP contribution is -2.28. The van der Waals surface area contributed by atoms with Crippen LogP contribution in [0, 0.1) is 5.92 Å². The van der Waals surface area contributed by atoms with Crippen LogP contribution < -0.4 is 10.5 Å². The van der Waals surface area contributed by atoms with Crippen LogP contribution in [0.1, 0.15) is 37.2 Å². The van der Waals surface area contributed by atoms with E-state index in [1.807, 2.05) is 6.07 Å². The van der Waals surface area contributed by atoms with Crippen LogP contribution in [0.2, 0.25) is 0 Å². The molecule has 0 saturated carbocycles. The third kappa shape index (κ3) is 3.10. The molecule has 2 heterocycles. The predicted octanol–water partition coefficient (Wildman–Crippen LogP) is 2.70. The predicted molar refractivity (Wildman–Crippen MR) is 75.4 cm³/mol. The summed E-state index contributed by atoms with van der Waals surface area (Å²) in [5.74, 6) is 2.28. The molecule has 19 heavy (non-hydrogen) atoms. The van der Waals surface area contributed by atoms with E-state index in [1.54, 1.807) is 0 Å². The van der Waals surface area contributed by atoms with Crippen LogP contribution in [0.3, 0.4) is 0 Å². The summed E-state index contributed by atoms with van der Waals surface area (Å²) in [6.45, 7) is 2.64. The molecule has 0 bridgehead atoms. The monoisotopic (exact) mass is 261 g/mol. The normalized spacial score (nSPS) is 27.6. The van der Waals surface area contributed by atoms with E-state index in [0.29, 0.717) is 11.8 Å². The molecular weight excluding hydrogens is 238 g/mol. The molecule has 3 rings (SSSR count). The molecule has 3 heteroatoms. The van der Waals surface area contributed by atoms with Gasteiger partial charge in [0.15, 0.2) is 0 Å². The molecule has 0 amide bonds. The van der Waals surface area contributed by atoms with Gasteiger partial charge in [-0.15, -0.1) is 0 Å². The summed E-state index contributed by atoms with van der Waals surface area (Å²) in [5, 5.41) is 0. The fourth-order valence-corrected chi connectivity index (χ4v) is 3.32. The van der Waals surface area contributed by atoms with Crippen molar-refractivity contribution >= 4 is 0 Å². The molecule has 3 nitrogen and oxygen atoms in total. The minimum absolute atomic E-state index is 0.280. The number of benzene rings is 1. The van der Waals surface area contributed by atoms with E-state index in [4.69, 9.17) is 15.2 Å². The zero-order valence-electron chi connectivity index (χ0n) is 11.4. The fraction of sp³-hybridized carbons (Fsp3) is 0.625. The summed E-state index contributed by atoms with van der Waals surface area (Å²) in [6.07, 6.45) is 4.43. The first-order valence-corrected chi connectivity index (χ1v) is 7.38. The van der Waals surface area contributed by atoms with Crippen LogP contribution in [0.4, 0.5) is 0 Å². The second-order valence-electron chi connectivity index (χ2n) is 5.83. The van der Waals surface area contributed by atoms with Crippen LogP contribution in [0.25, 0.3) is 0 Å². The Kier molecular flexibility index (Phi) is 4.04. The quantitative estimate of drug-likeness (QED) is 0.906. The Morgan fingerprint density at radius 1 is 1.16 bits per heavy atom. The number of rotatable bonds is 4.